The lowest BCUT2D eigenvalue weighted by molar-refractivity contribution is 0.602. The van der Waals surface area contributed by atoms with Crippen molar-refractivity contribution in [3.8, 4) is 0 Å². The molecule has 4 heteroatoms. The zero-order chi connectivity index (χ0) is 11.1. The molecule has 1 saturated heterocycles. The first-order valence-corrected chi connectivity index (χ1v) is 6.42. The summed E-state index contributed by atoms with van der Waals surface area (Å²) in [4.78, 5) is 4.63. The SMILES string of the molecule is Cc1ccn2c(C3CCCN3)nc(Br)c2c1. The van der Waals surface area contributed by atoms with Gasteiger partial charge in [-0.15, -0.1) is 0 Å². The Morgan fingerprint density at radius 2 is 2.44 bits per heavy atom. The Hall–Kier alpha value is -0.870. The largest absolute Gasteiger partial charge is 0.307 e. The molecule has 84 valence electrons. The molecule has 2 aromatic heterocycles. The Balaban J connectivity index is 2.18. The Labute approximate surface area is 103 Å². The molecule has 1 fully saturated rings. The second kappa shape index (κ2) is 3.86. The van der Waals surface area contributed by atoms with Crippen LogP contribution in [0.2, 0.25) is 0 Å². The number of aryl methyl sites for hydroxylation is 1. The quantitative estimate of drug-likeness (QED) is 0.870. The predicted molar refractivity (Wildman–Crippen MR) is 67.6 cm³/mol. The van der Waals surface area contributed by atoms with Gasteiger partial charge in [-0.05, 0) is 59.9 Å². The summed E-state index contributed by atoms with van der Waals surface area (Å²) < 4.78 is 3.12. The molecule has 2 aromatic rings. The average molecular weight is 280 g/mol. The average Bonchev–Trinajstić information content (AvgIpc) is 2.87. The molecule has 1 N–H and O–H groups in total. The van der Waals surface area contributed by atoms with Crippen LogP contribution in [0.15, 0.2) is 22.9 Å². The van der Waals surface area contributed by atoms with Gasteiger partial charge in [0, 0.05) is 6.20 Å². The van der Waals surface area contributed by atoms with Gasteiger partial charge in [0.25, 0.3) is 0 Å². The van der Waals surface area contributed by atoms with E-state index >= 15 is 0 Å². The number of aromatic nitrogens is 2. The van der Waals surface area contributed by atoms with E-state index in [-0.39, 0.29) is 0 Å². The molecule has 0 amide bonds. The fourth-order valence-corrected chi connectivity index (χ4v) is 2.81. The molecule has 3 rings (SSSR count). The van der Waals surface area contributed by atoms with Crippen molar-refractivity contribution in [2.45, 2.75) is 25.8 Å². The summed E-state index contributed by atoms with van der Waals surface area (Å²) in [7, 11) is 0. The van der Waals surface area contributed by atoms with Gasteiger partial charge in [-0.2, -0.15) is 0 Å². The molecule has 0 aromatic carbocycles. The molecule has 0 radical (unpaired) electrons. The van der Waals surface area contributed by atoms with Crippen LogP contribution in [0.1, 0.15) is 30.3 Å². The fourth-order valence-electron chi connectivity index (χ4n) is 2.33. The second-order valence-electron chi connectivity index (χ2n) is 4.37. The zero-order valence-corrected chi connectivity index (χ0v) is 10.8. The summed E-state index contributed by atoms with van der Waals surface area (Å²) in [6.07, 6.45) is 4.53. The minimum Gasteiger partial charge on any atom is -0.307 e. The van der Waals surface area contributed by atoms with E-state index in [9.17, 15) is 0 Å². The topological polar surface area (TPSA) is 29.3 Å². The third-order valence-electron chi connectivity index (χ3n) is 3.15. The van der Waals surface area contributed by atoms with Crippen LogP contribution in [0.5, 0.6) is 0 Å². The van der Waals surface area contributed by atoms with E-state index in [4.69, 9.17) is 0 Å². The van der Waals surface area contributed by atoms with Crippen molar-refractivity contribution in [2.24, 2.45) is 0 Å². The second-order valence-corrected chi connectivity index (χ2v) is 5.12. The first-order chi connectivity index (χ1) is 7.75. The number of hydrogen-bond donors (Lipinski definition) is 1. The van der Waals surface area contributed by atoms with Crippen molar-refractivity contribution in [1.29, 1.82) is 0 Å². The number of halogens is 1. The summed E-state index contributed by atoms with van der Waals surface area (Å²) in [6, 6.07) is 4.69. The maximum Gasteiger partial charge on any atom is 0.132 e. The van der Waals surface area contributed by atoms with Crippen LogP contribution >= 0.6 is 15.9 Å². The monoisotopic (exact) mass is 279 g/mol. The molecule has 0 aliphatic carbocycles. The van der Waals surface area contributed by atoms with E-state index in [1.165, 1.54) is 18.4 Å². The highest BCUT2D eigenvalue weighted by atomic mass is 79.9. The Bertz CT molecular complexity index is 526. The highest BCUT2D eigenvalue weighted by molar-refractivity contribution is 9.10. The fraction of sp³-hybridized carbons (Fsp3) is 0.417. The molecule has 16 heavy (non-hydrogen) atoms. The number of imidazole rings is 1. The predicted octanol–water partition coefficient (Wildman–Crippen LogP) is 2.83. The standard InChI is InChI=1S/C12H14BrN3/c1-8-4-6-16-10(7-8)11(13)15-12(16)9-3-2-5-14-9/h4,6-7,9,14H,2-3,5H2,1H3. The highest BCUT2D eigenvalue weighted by Crippen LogP contribution is 2.27. The van der Waals surface area contributed by atoms with Gasteiger partial charge in [0.1, 0.15) is 10.4 Å². The summed E-state index contributed by atoms with van der Waals surface area (Å²) in [5.41, 5.74) is 2.42. The lowest BCUT2D eigenvalue weighted by Crippen LogP contribution is -2.15. The number of rotatable bonds is 1. The molecule has 3 nitrogen and oxygen atoms in total. The minimum atomic E-state index is 0.404. The lowest BCUT2D eigenvalue weighted by atomic mass is 10.2. The summed E-state index contributed by atoms with van der Waals surface area (Å²) in [5, 5.41) is 3.49. The molecule has 0 spiro atoms. The van der Waals surface area contributed by atoms with Crippen molar-refractivity contribution >= 4 is 21.4 Å². The number of pyridine rings is 1. The van der Waals surface area contributed by atoms with Gasteiger partial charge in [-0.25, -0.2) is 4.98 Å². The number of nitrogens with one attached hydrogen (secondary N) is 1. The van der Waals surface area contributed by atoms with E-state index in [0.29, 0.717) is 6.04 Å². The van der Waals surface area contributed by atoms with Gasteiger partial charge >= 0.3 is 0 Å². The molecule has 1 atom stereocenters. The molecule has 0 saturated carbocycles. The van der Waals surface area contributed by atoms with E-state index in [2.05, 4.69) is 55.9 Å². The van der Waals surface area contributed by atoms with Crippen LogP contribution in [-0.2, 0) is 0 Å². The Morgan fingerprint density at radius 1 is 1.56 bits per heavy atom. The van der Waals surface area contributed by atoms with Crippen LogP contribution in [0.3, 0.4) is 0 Å². The van der Waals surface area contributed by atoms with E-state index < -0.39 is 0 Å². The Morgan fingerprint density at radius 3 is 3.19 bits per heavy atom. The van der Waals surface area contributed by atoms with Crippen LogP contribution in [0.25, 0.3) is 5.52 Å². The third-order valence-corrected chi connectivity index (χ3v) is 3.74. The first kappa shape index (κ1) is 10.3. The van der Waals surface area contributed by atoms with Gasteiger partial charge < -0.3 is 9.72 Å². The van der Waals surface area contributed by atoms with Crippen LogP contribution in [0, 0.1) is 6.92 Å². The number of hydrogen-bond acceptors (Lipinski definition) is 2. The summed E-state index contributed by atoms with van der Waals surface area (Å²) >= 11 is 3.54. The van der Waals surface area contributed by atoms with Gasteiger partial charge in [-0.1, -0.05) is 0 Å². The van der Waals surface area contributed by atoms with Crippen molar-refractivity contribution < 1.29 is 0 Å². The van der Waals surface area contributed by atoms with Crippen LogP contribution in [-0.4, -0.2) is 15.9 Å². The third kappa shape index (κ3) is 1.57. The normalized spacial score (nSPS) is 20.8. The molecule has 0 bridgehead atoms. The van der Waals surface area contributed by atoms with Crippen molar-refractivity contribution in [1.82, 2.24) is 14.7 Å². The molecule has 1 aliphatic heterocycles. The first-order valence-electron chi connectivity index (χ1n) is 5.63. The maximum atomic E-state index is 4.63. The minimum absolute atomic E-state index is 0.404. The van der Waals surface area contributed by atoms with Crippen molar-refractivity contribution in [2.75, 3.05) is 6.54 Å². The van der Waals surface area contributed by atoms with E-state index in [1.54, 1.807) is 0 Å². The zero-order valence-electron chi connectivity index (χ0n) is 9.20. The Kier molecular flexibility index (Phi) is 2.48. The van der Waals surface area contributed by atoms with Crippen LogP contribution in [0.4, 0.5) is 0 Å². The van der Waals surface area contributed by atoms with E-state index in [0.717, 1.165) is 22.5 Å². The number of fused-ring (bicyclic) bond motifs is 1. The van der Waals surface area contributed by atoms with Gasteiger partial charge in [0.15, 0.2) is 0 Å². The molecule has 1 unspecified atom stereocenters. The molecular formula is C12H14BrN3. The molecule has 3 heterocycles. The lowest BCUT2D eigenvalue weighted by Gasteiger charge is -2.08. The highest BCUT2D eigenvalue weighted by Gasteiger charge is 2.22. The molecular weight excluding hydrogens is 266 g/mol. The summed E-state index contributed by atoms with van der Waals surface area (Å²) in [5.74, 6) is 1.12. The number of nitrogens with zero attached hydrogens (tertiary/aromatic N) is 2. The van der Waals surface area contributed by atoms with Crippen LogP contribution < -0.4 is 5.32 Å². The van der Waals surface area contributed by atoms with Gasteiger partial charge in [0.2, 0.25) is 0 Å². The van der Waals surface area contributed by atoms with Crippen molar-refractivity contribution in [3.63, 3.8) is 0 Å². The van der Waals surface area contributed by atoms with Gasteiger partial charge in [-0.3, -0.25) is 0 Å². The van der Waals surface area contributed by atoms with Crippen molar-refractivity contribution in [3.05, 3.63) is 34.3 Å². The maximum absolute atomic E-state index is 4.63. The molecule has 1 aliphatic rings. The smallest absolute Gasteiger partial charge is 0.132 e. The van der Waals surface area contributed by atoms with E-state index in [1.807, 2.05) is 0 Å². The summed E-state index contributed by atoms with van der Waals surface area (Å²) in [6.45, 7) is 3.20. The van der Waals surface area contributed by atoms with Gasteiger partial charge in [0.05, 0.1) is 11.6 Å².